The largest absolute Gasteiger partial charge is 0.496 e. The van der Waals surface area contributed by atoms with Crippen LogP contribution in [-0.4, -0.2) is 35.9 Å². The predicted molar refractivity (Wildman–Crippen MR) is 149 cm³/mol. The van der Waals surface area contributed by atoms with Gasteiger partial charge in [-0.05, 0) is 78.7 Å². The van der Waals surface area contributed by atoms with Crippen LogP contribution in [0.15, 0.2) is 17.0 Å². The molecule has 0 saturated carbocycles. The Kier molecular flexibility index (Phi) is 10.5. The van der Waals surface area contributed by atoms with Crippen LogP contribution in [0.2, 0.25) is 0 Å². The van der Waals surface area contributed by atoms with Crippen molar-refractivity contribution < 1.29 is 4.74 Å². The average molecular weight is 526 g/mol. The quantitative estimate of drug-likeness (QED) is 0.251. The van der Waals surface area contributed by atoms with Gasteiger partial charge in [-0.15, -0.1) is 11.8 Å². The Hall–Kier alpha value is 0.650. The molecule has 0 aromatic heterocycles. The van der Waals surface area contributed by atoms with Crippen LogP contribution < -0.4 is 4.74 Å². The first-order valence-electron chi connectivity index (χ1n) is 12.1. The Morgan fingerprint density at radius 2 is 1.52 bits per heavy atom. The van der Waals surface area contributed by atoms with Crippen LogP contribution in [0.4, 0.5) is 0 Å². The van der Waals surface area contributed by atoms with E-state index in [0.717, 1.165) is 23.2 Å². The van der Waals surface area contributed by atoms with Gasteiger partial charge in [0.25, 0.3) is 0 Å². The molecular formula is C25H42Cl2OS3. The zero-order valence-corrected chi connectivity index (χ0v) is 23.7. The van der Waals surface area contributed by atoms with E-state index in [4.69, 9.17) is 26.1 Å². The van der Waals surface area contributed by atoms with Crippen molar-refractivity contribution in [1.82, 2.24) is 0 Å². The molecule has 1 atom stereocenters. The van der Waals surface area contributed by atoms with Gasteiger partial charge in [-0.2, -0.15) is 18.5 Å². The molecule has 2 heterocycles. The lowest BCUT2D eigenvalue weighted by Gasteiger charge is -2.31. The van der Waals surface area contributed by atoms with Crippen LogP contribution in [0.25, 0.3) is 0 Å². The standard InChI is InChI=1S/C25H42Cl2OS3/c1-4-6-11-21(5-2)18-29-25-17-22(19-30(26)12-7-8-13-30)24(28-3)16-23(25)20-31(27)14-9-10-15-31/h16-17,21H,4-15,18-20H2,1-3H3. The smallest absolute Gasteiger partial charge is 0.123 e. The highest BCUT2D eigenvalue weighted by Gasteiger charge is 2.30. The number of hydrogen-bond donors (Lipinski definition) is 0. The second-order valence-corrected chi connectivity index (χ2v) is 20.4. The summed E-state index contributed by atoms with van der Waals surface area (Å²) in [5, 5.41) is 0. The molecule has 1 unspecified atom stereocenters. The number of hydrogen-bond acceptors (Lipinski definition) is 2. The van der Waals surface area contributed by atoms with Crippen molar-refractivity contribution in [2.45, 2.75) is 81.6 Å². The normalized spacial score (nSPS) is 22.9. The highest BCUT2D eigenvalue weighted by molar-refractivity contribution is 8.51. The van der Waals surface area contributed by atoms with Crippen molar-refractivity contribution in [3.05, 3.63) is 23.3 Å². The lowest BCUT2D eigenvalue weighted by atomic mass is 10.0. The van der Waals surface area contributed by atoms with Gasteiger partial charge < -0.3 is 4.74 Å². The van der Waals surface area contributed by atoms with Crippen LogP contribution in [0.5, 0.6) is 5.75 Å². The molecule has 0 spiro atoms. The fourth-order valence-electron chi connectivity index (χ4n) is 4.79. The molecule has 1 aromatic rings. The molecule has 2 fully saturated rings. The topological polar surface area (TPSA) is 9.23 Å². The molecule has 1 nitrogen and oxygen atoms in total. The van der Waals surface area contributed by atoms with E-state index in [0.29, 0.717) is 0 Å². The van der Waals surface area contributed by atoms with Crippen molar-refractivity contribution >= 4 is 51.6 Å². The Morgan fingerprint density at radius 1 is 0.935 bits per heavy atom. The summed E-state index contributed by atoms with van der Waals surface area (Å²) in [4.78, 5) is 1.45. The second-order valence-electron chi connectivity index (χ2n) is 9.40. The number of benzene rings is 1. The summed E-state index contributed by atoms with van der Waals surface area (Å²) in [5.41, 5.74) is 2.75. The summed E-state index contributed by atoms with van der Waals surface area (Å²) in [6.07, 6.45) is 10.4. The average Bonchev–Trinajstić information content (AvgIpc) is 3.38. The number of thioether (sulfide) groups is 1. The van der Waals surface area contributed by atoms with E-state index in [1.165, 1.54) is 96.2 Å². The van der Waals surface area contributed by atoms with Crippen LogP contribution in [0, 0.1) is 5.92 Å². The molecule has 2 aliphatic rings. The Labute approximate surface area is 207 Å². The van der Waals surface area contributed by atoms with Crippen LogP contribution in [0.3, 0.4) is 0 Å². The molecule has 1 aromatic carbocycles. The SMILES string of the molecule is CCCCC(CC)CSc1cc(CS2(Cl)CCCC2)c(OC)cc1CS1(Cl)CCCC1. The zero-order chi connectivity index (χ0) is 22.3. The third-order valence-corrected chi connectivity index (χ3v) is 16.4. The molecule has 0 radical (unpaired) electrons. The summed E-state index contributed by atoms with van der Waals surface area (Å²) >= 11 is 2.07. The van der Waals surface area contributed by atoms with Gasteiger partial charge in [0, 0.05) is 27.7 Å². The van der Waals surface area contributed by atoms with E-state index in [1.807, 2.05) is 7.11 Å². The molecule has 31 heavy (non-hydrogen) atoms. The number of halogens is 2. The highest BCUT2D eigenvalue weighted by atomic mass is 35.7. The van der Waals surface area contributed by atoms with E-state index in [-0.39, 0.29) is 0 Å². The first kappa shape index (κ1) is 26.3. The van der Waals surface area contributed by atoms with Gasteiger partial charge in [-0.3, -0.25) is 0 Å². The molecule has 180 valence electrons. The van der Waals surface area contributed by atoms with Gasteiger partial charge in [0.1, 0.15) is 5.75 Å². The maximum atomic E-state index is 7.15. The number of rotatable bonds is 12. The van der Waals surface area contributed by atoms with E-state index in [9.17, 15) is 0 Å². The maximum absolute atomic E-state index is 7.15. The first-order valence-corrected chi connectivity index (χ1v) is 19.1. The number of methoxy groups -OCH3 is 1. The summed E-state index contributed by atoms with van der Waals surface area (Å²) in [6, 6.07) is 4.77. The summed E-state index contributed by atoms with van der Waals surface area (Å²) in [5.74, 6) is 9.91. The van der Waals surface area contributed by atoms with Gasteiger partial charge in [-0.1, -0.05) is 54.5 Å². The van der Waals surface area contributed by atoms with Gasteiger partial charge in [0.05, 0.1) is 7.11 Å². The molecule has 3 rings (SSSR count). The molecule has 0 aliphatic carbocycles. The van der Waals surface area contributed by atoms with Crippen molar-refractivity contribution in [3.8, 4) is 5.75 Å². The van der Waals surface area contributed by atoms with Crippen LogP contribution in [-0.2, 0) is 11.5 Å². The lowest BCUT2D eigenvalue weighted by Crippen LogP contribution is -2.06. The minimum Gasteiger partial charge on any atom is -0.496 e. The van der Waals surface area contributed by atoms with Gasteiger partial charge in [0.2, 0.25) is 0 Å². The van der Waals surface area contributed by atoms with Crippen molar-refractivity contribution in [2.24, 2.45) is 5.92 Å². The molecular weight excluding hydrogens is 483 g/mol. The van der Waals surface area contributed by atoms with Crippen molar-refractivity contribution in [2.75, 3.05) is 35.9 Å². The summed E-state index contributed by atoms with van der Waals surface area (Å²) < 4.78 is 5.91. The van der Waals surface area contributed by atoms with Crippen molar-refractivity contribution in [1.29, 1.82) is 0 Å². The molecule has 0 bridgehead atoms. The van der Waals surface area contributed by atoms with E-state index < -0.39 is 18.5 Å². The minimum absolute atomic E-state index is 0.798. The maximum Gasteiger partial charge on any atom is 0.123 e. The van der Waals surface area contributed by atoms with Crippen LogP contribution >= 0.6 is 51.6 Å². The zero-order valence-electron chi connectivity index (χ0n) is 19.7. The molecule has 2 aliphatic heterocycles. The van der Waals surface area contributed by atoms with Gasteiger partial charge >= 0.3 is 0 Å². The lowest BCUT2D eigenvalue weighted by molar-refractivity contribution is 0.410. The second kappa shape index (κ2) is 12.4. The minimum atomic E-state index is -1.04. The first-order chi connectivity index (χ1) is 14.9. The number of unbranched alkanes of at least 4 members (excludes halogenated alkanes) is 1. The summed E-state index contributed by atoms with van der Waals surface area (Å²) in [6.45, 7) is 4.64. The molecule has 2 saturated heterocycles. The number of ether oxygens (including phenoxy) is 1. The van der Waals surface area contributed by atoms with Crippen molar-refractivity contribution in [3.63, 3.8) is 0 Å². The van der Waals surface area contributed by atoms with Gasteiger partial charge in [-0.25, -0.2) is 0 Å². The fourth-order valence-corrected chi connectivity index (χ4v) is 13.7. The Bertz CT molecular complexity index is 700. The van der Waals surface area contributed by atoms with Gasteiger partial charge in [0.15, 0.2) is 0 Å². The molecule has 0 amide bonds. The molecule has 0 N–H and O–H groups in total. The molecule has 6 heteroatoms. The Morgan fingerprint density at radius 3 is 2.03 bits per heavy atom. The summed E-state index contributed by atoms with van der Waals surface area (Å²) in [7, 11) is 14.0. The van der Waals surface area contributed by atoms with Crippen LogP contribution in [0.1, 0.15) is 76.3 Å². The third-order valence-electron chi connectivity index (χ3n) is 6.85. The third kappa shape index (κ3) is 7.57. The predicted octanol–water partition coefficient (Wildman–Crippen LogP) is 9.51. The highest BCUT2D eigenvalue weighted by Crippen LogP contribution is 2.63. The van der Waals surface area contributed by atoms with E-state index >= 15 is 0 Å². The van der Waals surface area contributed by atoms with E-state index in [2.05, 4.69) is 37.7 Å². The monoisotopic (exact) mass is 524 g/mol. The Balaban J connectivity index is 1.86. The van der Waals surface area contributed by atoms with E-state index in [1.54, 1.807) is 0 Å². The fraction of sp³-hybridized carbons (Fsp3) is 0.760.